The highest BCUT2D eigenvalue weighted by atomic mass is 19.4. The van der Waals surface area contributed by atoms with Gasteiger partial charge in [0, 0.05) is 17.3 Å². The standard InChI is InChI=1S/C25H23F3N6O3/c1-15-10-22(31-32(15)13-19-7-5-9-21(12-19)25(26,27)28)29-24(35)20-8-4-6-18(11-20)14-33-17(3)23(34(36)37)16(2)30-33/h4-12H,13-14H2,1-3H3,(H,29,31,35). The molecule has 0 aliphatic rings. The van der Waals surface area contributed by atoms with Gasteiger partial charge in [-0.1, -0.05) is 24.3 Å². The smallest absolute Gasteiger partial charge is 0.305 e. The topological polar surface area (TPSA) is 108 Å². The van der Waals surface area contributed by atoms with E-state index in [4.69, 9.17) is 0 Å². The van der Waals surface area contributed by atoms with E-state index in [2.05, 4.69) is 15.5 Å². The van der Waals surface area contributed by atoms with Crippen molar-refractivity contribution in [1.82, 2.24) is 19.6 Å². The summed E-state index contributed by atoms with van der Waals surface area (Å²) in [6, 6.07) is 13.4. The van der Waals surface area contributed by atoms with Gasteiger partial charge in [0.05, 0.1) is 23.6 Å². The van der Waals surface area contributed by atoms with Gasteiger partial charge in [-0.2, -0.15) is 23.4 Å². The van der Waals surface area contributed by atoms with Gasteiger partial charge in [-0.05, 0) is 56.2 Å². The summed E-state index contributed by atoms with van der Waals surface area (Å²) < 4.78 is 42.1. The zero-order chi connectivity index (χ0) is 26.9. The normalized spacial score (nSPS) is 11.5. The van der Waals surface area contributed by atoms with Crippen molar-refractivity contribution < 1.29 is 22.9 Å². The molecule has 0 spiro atoms. The maximum atomic E-state index is 13.0. The molecule has 4 aromatic rings. The summed E-state index contributed by atoms with van der Waals surface area (Å²) in [4.78, 5) is 23.7. The maximum Gasteiger partial charge on any atom is 0.416 e. The van der Waals surface area contributed by atoms with Crippen LogP contribution in [0.25, 0.3) is 0 Å². The summed E-state index contributed by atoms with van der Waals surface area (Å²) in [5, 5.41) is 22.5. The zero-order valence-electron chi connectivity index (χ0n) is 20.2. The summed E-state index contributed by atoms with van der Waals surface area (Å²) in [5.74, 6) is -0.168. The predicted molar refractivity (Wildman–Crippen MR) is 129 cm³/mol. The molecule has 1 N–H and O–H groups in total. The fourth-order valence-corrected chi connectivity index (χ4v) is 4.03. The minimum Gasteiger partial charge on any atom is -0.305 e. The van der Waals surface area contributed by atoms with E-state index in [-0.39, 0.29) is 24.6 Å². The Hall–Kier alpha value is -4.48. The molecule has 0 atom stereocenters. The SMILES string of the molecule is Cc1nn(Cc2cccc(C(=O)Nc3cc(C)n(Cc4cccc(C(F)(F)F)c4)n3)c2)c(C)c1[N+](=O)[O-]. The molecule has 12 heteroatoms. The van der Waals surface area contributed by atoms with Crippen LogP contribution >= 0.6 is 0 Å². The van der Waals surface area contributed by atoms with Crippen LogP contribution in [0.4, 0.5) is 24.7 Å². The number of halogens is 3. The summed E-state index contributed by atoms with van der Waals surface area (Å²) >= 11 is 0. The molecular formula is C25H23F3N6O3. The first kappa shape index (κ1) is 25.6. The van der Waals surface area contributed by atoms with Gasteiger partial charge < -0.3 is 5.32 Å². The third kappa shape index (κ3) is 5.68. The first-order valence-corrected chi connectivity index (χ1v) is 11.2. The Morgan fingerprint density at radius 1 is 0.973 bits per heavy atom. The fraction of sp³-hybridized carbons (Fsp3) is 0.240. The van der Waals surface area contributed by atoms with E-state index in [1.165, 1.54) is 15.4 Å². The Bertz CT molecular complexity index is 1490. The molecule has 0 aliphatic heterocycles. The molecule has 0 radical (unpaired) electrons. The highest BCUT2D eigenvalue weighted by Gasteiger charge is 2.30. The van der Waals surface area contributed by atoms with Crippen LogP contribution in [-0.4, -0.2) is 30.4 Å². The lowest BCUT2D eigenvalue weighted by atomic mass is 10.1. The third-order valence-electron chi connectivity index (χ3n) is 5.86. The largest absolute Gasteiger partial charge is 0.416 e. The van der Waals surface area contributed by atoms with Crippen LogP contribution in [-0.2, 0) is 19.3 Å². The van der Waals surface area contributed by atoms with E-state index < -0.39 is 22.6 Å². The number of hydrogen-bond acceptors (Lipinski definition) is 5. The quantitative estimate of drug-likeness (QED) is 0.268. The number of alkyl halides is 3. The molecule has 2 heterocycles. The molecule has 192 valence electrons. The zero-order valence-corrected chi connectivity index (χ0v) is 20.2. The first-order valence-electron chi connectivity index (χ1n) is 11.2. The van der Waals surface area contributed by atoms with Crippen LogP contribution < -0.4 is 5.32 Å². The van der Waals surface area contributed by atoms with Crippen molar-refractivity contribution >= 4 is 17.4 Å². The van der Waals surface area contributed by atoms with Crippen molar-refractivity contribution in [3.63, 3.8) is 0 Å². The van der Waals surface area contributed by atoms with Crippen LogP contribution in [0.3, 0.4) is 0 Å². The predicted octanol–water partition coefficient (Wildman–Crippen LogP) is 5.28. The molecule has 0 unspecified atom stereocenters. The molecule has 1 amide bonds. The van der Waals surface area contributed by atoms with Crippen molar-refractivity contribution in [1.29, 1.82) is 0 Å². The van der Waals surface area contributed by atoms with Crippen LogP contribution in [0.5, 0.6) is 0 Å². The molecule has 0 fully saturated rings. The summed E-state index contributed by atoms with van der Waals surface area (Å²) in [5.41, 5.74) is 2.11. The number of nitrogens with one attached hydrogen (secondary N) is 1. The summed E-state index contributed by atoms with van der Waals surface area (Å²) in [6.45, 7) is 5.28. The van der Waals surface area contributed by atoms with Crippen molar-refractivity contribution in [2.75, 3.05) is 5.32 Å². The molecule has 0 bridgehead atoms. The maximum absolute atomic E-state index is 13.0. The van der Waals surface area contributed by atoms with Crippen molar-refractivity contribution in [2.24, 2.45) is 0 Å². The molecule has 37 heavy (non-hydrogen) atoms. The first-order chi connectivity index (χ1) is 17.4. The molecule has 0 aliphatic carbocycles. The van der Waals surface area contributed by atoms with Gasteiger partial charge in [-0.3, -0.25) is 24.3 Å². The second kappa shape index (κ2) is 9.88. The van der Waals surface area contributed by atoms with Crippen molar-refractivity contribution in [2.45, 2.75) is 40.0 Å². The fourth-order valence-electron chi connectivity index (χ4n) is 4.03. The van der Waals surface area contributed by atoms with Crippen molar-refractivity contribution in [3.05, 3.63) is 104 Å². The van der Waals surface area contributed by atoms with E-state index in [9.17, 15) is 28.1 Å². The lowest BCUT2D eigenvalue weighted by Gasteiger charge is -2.09. The summed E-state index contributed by atoms with van der Waals surface area (Å²) in [6.07, 6.45) is -4.44. The monoisotopic (exact) mass is 512 g/mol. The van der Waals surface area contributed by atoms with Gasteiger partial charge in [-0.15, -0.1) is 0 Å². The highest BCUT2D eigenvalue weighted by molar-refractivity contribution is 6.03. The second-order valence-corrected chi connectivity index (χ2v) is 8.62. The molecule has 2 aromatic carbocycles. The molecule has 0 saturated heterocycles. The van der Waals surface area contributed by atoms with E-state index in [1.807, 2.05) is 0 Å². The van der Waals surface area contributed by atoms with Gasteiger partial charge >= 0.3 is 11.9 Å². The lowest BCUT2D eigenvalue weighted by Crippen LogP contribution is -2.14. The number of carbonyl (C=O) groups is 1. The van der Waals surface area contributed by atoms with E-state index in [0.717, 1.165) is 17.7 Å². The third-order valence-corrected chi connectivity index (χ3v) is 5.86. The van der Waals surface area contributed by atoms with E-state index in [1.54, 1.807) is 57.2 Å². The van der Waals surface area contributed by atoms with E-state index >= 15 is 0 Å². The molecule has 2 aromatic heterocycles. The van der Waals surface area contributed by atoms with Gasteiger partial charge in [-0.25, -0.2) is 0 Å². The minimum absolute atomic E-state index is 0.0370. The number of aromatic nitrogens is 4. The Kier molecular flexibility index (Phi) is 6.84. The minimum atomic E-state index is -4.44. The number of amides is 1. The summed E-state index contributed by atoms with van der Waals surface area (Å²) in [7, 11) is 0. The van der Waals surface area contributed by atoms with Gasteiger partial charge in [0.25, 0.3) is 5.91 Å². The number of benzene rings is 2. The Balaban J connectivity index is 1.48. The van der Waals surface area contributed by atoms with Crippen LogP contribution in [0.1, 0.15) is 44.1 Å². The number of rotatable bonds is 7. The van der Waals surface area contributed by atoms with Gasteiger partial charge in [0.2, 0.25) is 0 Å². The van der Waals surface area contributed by atoms with Crippen LogP contribution in [0, 0.1) is 30.9 Å². The average molecular weight is 512 g/mol. The number of anilines is 1. The molecule has 0 saturated carbocycles. The van der Waals surface area contributed by atoms with Crippen LogP contribution in [0.15, 0.2) is 54.6 Å². The highest BCUT2D eigenvalue weighted by Crippen LogP contribution is 2.30. The lowest BCUT2D eigenvalue weighted by molar-refractivity contribution is -0.386. The van der Waals surface area contributed by atoms with Gasteiger partial charge in [0.1, 0.15) is 11.4 Å². The Morgan fingerprint density at radius 3 is 2.27 bits per heavy atom. The molecule has 4 rings (SSSR count). The Labute approximate surface area is 209 Å². The number of hydrogen-bond donors (Lipinski definition) is 1. The number of carbonyl (C=O) groups excluding carboxylic acids is 1. The number of nitro groups is 1. The second-order valence-electron chi connectivity index (χ2n) is 8.62. The number of aryl methyl sites for hydroxylation is 2. The molecular weight excluding hydrogens is 489 g/mol. The number of nitrogens with zero attached hydrogens (tertiary/aromatic N) is 5. The van der Waals surface area contributed by atoms with E-state index in [0.29, 0.717) is 28.2 Å². The van der Waals surface area contributed by atoms with Crippen LogP contribution in [0.2, 0.25) is 0 Å². The van der Waals surface area contributed by atoms with Crippen molar-refractivity contribution in [3.8, 4) is 0 Å². The average Bonchev–Trinajstić information content (AvgIpc) is 3.30. The Morgan fingerprint density at radius 2 is 1.62 bits per heavy atom. The van der Waals surface area contributed by atoms with Gasteiger partial charge in [0.15, 0.2) is 5.82 Å². The molecule has 9 nitrogen and oxygen atoms in total.